The summed E-state index contributed by atoms with van der Waals surface area (Å²) in [6, 6.07) is 11.4. The Balaban J connectivity index is 2.13. The molecule has 2 aromatic rings. The minimum absolute atomic E-state index is 0.0631. The summed E-state index contributed by atoms with van der Waals surface area (Å²) in [5, 5.41) is 3.90. The molecule has 0 atom stereocenters. The Hall–Kier alpha value is -2.10. The van der Waals surface area contributed by atoms with Gasteiger partial charge in [-0.1, -0.05) is 48.8 Å². The summed E-state index contributed by atoms with van der Waals surface area (Å²) in [5.74, 6) is 0.562. The zero-order valence-corrected chi connectivity index (χ0v) is 12.0. The van der Waals surface area contributed by atoms with Gasteiger partial charge in [0.05, 0.1) is 0 Å². The van der Waals surface area contributed by atoms with Crippen molar-refractivity contribution in [1.82, 2.24) is 10.1 Å². The maximum Gasteiger partial charge on any atom is 0.276 e. The summed E-state index contributed by atoms with van der Waals surface area (Å²) in [6.45, 7) is 5.54. The van der Waals surface area contributed by atoms with E-state index in [1.54, 1.807) is 11.0 Å². The van der Waals surface area contributed by atoms with Gasteiger partial charge in [-0.2, -0.15) is 0 Å². The van der Waals surface area contributed by atoms with E-state index in [1.165, 1.54) is 0 Å². The molecule has 0 bridgehead atoms. The molecule has 0 aliphatic heterocycles. The fraction of sp³-hybridized carbons (Fsp3) is 0.375. The maximum atomic E-state index is 12.3. The third-order valence-electron chi connectivity index (χ3n) is 3.24. The zero-order chi connectivity index (χ0) is 14.4. The molecule has 0 saturated carbocycles. The number of hydrogen-bond acceptors (Lipinski definition) is 3. The van der Waals surface area contributed by atoms with E-state index in [0.29, 0.717) is 18.0 Å². The van der Waals surface area contributed by atoms with E-state index in [0.717, 1.165) is 24.9 Å². The molecule has 0 N–H and O–H groups in total. The normalized spacial score (nSPS) is 10.5. The van der Waals surface area contributed by atoms with Crippen LogP contribution in [-0.4, -0.2) is 29.1 Å². The third-order valence-corrected chi connectivity index (χ3v) is 3.24. The minimum atomic E-state index is -0.0631. The molecule has 20 heavy (non-hydrogen) atoms. The van der Waals surface area contributed by atoms with Crippen LogP contribution in [-0.2, 0) is 0 Å². The first kappa shape index (κ1) is 14.3. The zero-order valence-electron chi connectivity index (χ0n) is 12.0. The Labute approximate surface area is 119 Å². The molecule has 4 nitrogen and oxygen atoms in total. The lowest BCUT2D eigenvalue weighted by atomic mass is 10.1. The predicted molar refractivity (Wildman–Crippen MR) is 78.4 cm³/mol. The van der Waals surface area contributed by atoms with Crippen molar-refractivity contribution in [1.29, 1.82) is 0 Å². The molecule has 1 amide bonds. The van der Waals surface area contributed by atoms with Crippen LogP contribution in [0.1, 0.15) is 37.2 Å². The molecule has 1 aromatic heterocycles. The first-order valence-electron chi connectivity index (χ1n) is 7.07. The minimum Gasteiger partial charge on any atom is -0.355 e. The number of rotatable bonds is 6. The maximum absolute atomic E-state index is 12.3. The molecule has 1 heterocycles. The second kappa shape index (κ2) is 6.89. The highest BCUT2D eigenvalue weighted by atomic mass is 16.5. The highest BCUT2D eigenvalue weighted by Crippen LogP contribution is 2.20. The smallest absolute Gasteiger partial charge is 0.276 e. The second-order valence-electron chi connectivity index (χ2n) is 4.68. The van der Waals surface area contributed by atoms with Crippen LogP contribution < -0.4 is 0 Å². The van der Waals surface area contributed by atoms with Gasteiger partial charge in [0.15, 0.2) is 11.5 Å². The molecule has 0 aliphatic rings. The van der Waals surface area contributed by atoms with Crippen molar-refractivity contribution in [3.8, 4) is 11.3 Å². The molecule has 0 unspecified atom stereocenters. The molecule has 4 heteroatoms. The average molecular weight is 272 g/mol. The number of carbonyl (C=O) groups excluding carboxylic acids is 1. The van der Waals surface area contributed by atoms with E-state index in [2.05, 4.69) is 12.1 Å². The van der Waals surface area contributed by atoms with E-state index in [4.69, 9.17) is 4.52 Å². The fourth-order valence-electron chi connectivity index (χ4n) is 2.03. The van der Waals surface area contributed by atoms with E-state index in [-0.39, 0.29) is 5.91 Å². The van der Waals surface area contributed by atoms with Gasteiger partial charge in [0.25, 0.3) is 5.91 Å². The lowest BCUT2D eigenvalue weighted by molar-refractivity contribution is 0.0752. The van der Waals surface area contributed by atoms with Gasteiger partial charge in [-0.3, -0.25) is 4.79 Å². The Morgan fingerprint density at radius 1 is 1.25 bits per heavy atom. The van der Waals surface area contributed by atoms with E-state index < -0.39 is 0 Å². The van der Waals surface area contributed by atoms with Crippen molar-refractivity contribution < 1.29 is 9.32 Å². The number of aromatic nitrogens is 1. The monoisotopic (exact) mass is 272 g/mol. The summed E-state index contributed by atoms with van der Waals surface area (Å²) < 4.78 is 5.27. The van der Waals surface area contributed by atoms with Crippen LogP contribution in [0.25, 0.3) is 11.3 Å². The van der Waals surface area contributed by atoms with Crippen molar-refractivity contribution in [3.63, 3.8) is 0 Å². The van der Waals surface area contributed by atoms with Crippen molar-refractivity contribution >= 4 is 5.91 Å². The van der Waals surface area contributed by atoms with Crippen LogP contribution in [0.2, 0.25) is 0 Å². The van der Waals surface area contributed by atoms with Gasteiger partial charge in [0.2, 0.25) is 0 Å². The van der Waals surface area contributed by atoms with Gasteiger partial charge < -0.3 is 9.42 Å². The molecule has 2 rings (SSSR count). The molecule has 0 spiro atoms. The van der Waals surface area contributed by atoms with Crippen molar-refractivity contribution in [2.45, 2.75) is 26.7 Å². The standard InChI is InChI=1S/C16H20N2O2/c1-3-5-11-18(4-2)16(19)14-12-15(20-17-14)13-9-7-6-8-10-13/h6-10,12H,3-5,11H2,1-2H3. The molecule has 106 valence electrons. The van der Waals surface area contributed by atoms with E-state index >= 15 is 0 Å². The Bertz CT molecular complexity index is 549. The summed E-state index contributed by atoms with van der Waals surface area (Å²) in [4.78, 5) is 14.1. The SMILES string of the molecule is CCCCN(CC)C(=O)c1cc(-c2ccccc2)on1. The van der Waals surface area contributed by atoms with Crippen LogP contribution in [0.3, 0.4) is 0 Å². The lowest BCUT2D eigenvalue weighted by Crippen LogP contribution is -2.31. The topological polar surface area (TPSA) is 46.3 Å². The van der Waals surface area contributed by atoms with Gasteiger partial charge in [-0.05, 0) is 13.3 Å². The summed E-state index contributed by atoms with van der Waals surface area (Å²) in [7, 11) is 0. The molecule has 0 fully saturated rings. The highest BCUT2D eigenvalue weighted by Gasteiger charge is 2.18. The van der Waals surface area contributed by atoms with Crippen LogP contribution in [0, 0.1) is 0 Å². The summed E-state index contributed by atoms with van der Waals surface area (Å²) in [5.41, 5.74) is 1.30. The number of amides is 1. The lowest BCUT2D eigenvalue weighted by Gasteiger charge is -2.18. The van der Waals surface area contributed by atoms with Gasteiger partial charge in [0, 0.05) is 24.7 Å². The Morgan fingerprint density at radius 2 is 2.00 bits per heavy atom. The first-order valence-corrected chi connectivity index (χ1v) is 7.07. The Kier molecular flexibility index (Phi) is 4.93. The third kappa shape index (κ3) is 3.26. The number of nitrogens with zero attached hydrogens (tertiary/aromatic N) is 2. The number of benzene rings is 1. The molecular formula is C16H20N2O2. The summed E-state index contributed by atoms with van der Waals surface area (Å²) >= 11 is 0. The van der Waals surface area contributed by atoms with Crippen molar-refractivity contribution in [2.24, 2.45) is 0 Å². The highest BCUT2D eigenvalue weighted by molar-refractivity contribution is 5.93. The Morgan fingerprint density at radius 3 is 2.65 bits per heavy atom. The van der Waals surface area contributed by atoms with E-state index in [1.807, 2.05) is 37.3 Å². The number of carbonyl (C=O) groups is 1. The van der Waals surface area contributed by atoms with Gasteiger partial charge in [-0.15, -0.1) is 0 Å². The van der Waals surface area contributed by atoms with E-state index in [9.17, 15) is 4.79 Å². The number of unbranched alkanes of at least 4 members (excludes halogenated alkanes) is 1. The molecule has 0 saturated heterocycles. The van der Waals surface area contributed by atoms with Gasteiger partial charge >= 0.3 is 0 Å². The van der Waals surface area contributed by atoms with Gasteiger partial charge in [-0.25, -0.2) is 0 Å². The molecule has 1 aromatic carbocycles. The van der Waals surface area contributed by atoms with Crippen LogP contribution in [0.15, 0.2) is 40.9 Å². The molecule has 0 radical (unpaired) electrons. The van der Waals surface area contributed by atoms with Crippen molar-refractivity contribution in [2.75, 3.05) is 13.1 Å². The van der Waals surface area contributed by atoms with Crippen LogP contribution in [0.4, 0.5) is 0 Å². The van der Waals surface area contributed by atoms with Gasteiger partial charge in [0.1, 0.15) is 0 Å². The molecular weight excluding hydrogens is 252 g/mol. The quantitative estimate of drug-likeness (QED) is 0.807. The fourth-order valence-corrected chi connectivity index (χ4v) is 2.03. The predicted octanol–water partition coefficient (Wildman–Crippen LogP) is 3.60. The van der Waals surface area contributed by atoms with Crippen molar-refractivity contribution in [3.05, 3.63) is 42.1 Å². The van der Waals surface area contributed by atoms with Crippen LogP contribution >= 0.6 is 0 Å². The average Bonchev–Trinajstić information content (AvgIpc) is 2.98. The molecule has 0 aliphatic carbocycles. The first-order chi connectivity index (χ1) is 9.76. The summed E-state index contributed by atoms with van der Waals surface area (Å²) in [6.07, 6.45) is 2.07. The van der Waals surface area contributed by atoms with Crippen LogP contribution in [0.5, 0.6) is 0 Å². The second-order valence-corrected chi connectivity index (χ2v) is 4.68. The largest absolute Gasteiger partial charge is 0.355 e. The number of hydrogen-bond donors (Lipinski definition) is 0.